The number of hydrogen-bond acceptors (Lipinski definition) is 0. The SMILES string of the molecule is CCCC1=Cc2ccccc2C1CCC. The van der Waals surface area contributed by atoms with Crippen LogP contribution >= 0.6 is 0 Å². The van der Waals surface area contributed by atoms with Gasteiger partial charge in [-0.3, -0.25) is 0 Å². The molecule has 80 valence electrons. The first kappa shape index (κ1) is 10.5. The number of fused-ring (bicyclic) bond motifs is 1. The smallest absolute Gasteiger partial charge is 0.00573 e. The Morgan fingerprint density at radius 2 is 1.87 bits per heavy atom. The van der Waals surface area contributed by atoms with Crippen molar-refractivity contribution in [2.45, 2.75) is 45.4 Å². The van der Waals surface area contributed by atoms with E-state index in [0.717, 1.165) is 0 Å². The Morgan fingerprint density at radius 1 is 1.07 bits per heavy atom. The van der Waals surface area contributed by atoms with Crippen molar-refractivity contribution >= 4 is 6.08 Å². The van der Waals surface area contributed by atoms with Crippen molar-refractivity contribution in [3.05, 3.63) is 41.0 Å². The van der Waals surface area contributed by atoms with Crippen molar-refractivity contribution in [3.63, 3.8) is 0 Å². The highest BCUT2D eigenvalue weighted by Gasteiger charge is 2.22. The fourth-order valence-electron chi connectivity index (χ4n) is 2.62. The number of allylic oxidation sites excluding steroid dienone is 1. The molecule has 1 aromatic rings. The predicted molar refractivity (Wildman–Crippen MR) is 67.0 cm³/mol. The highest BCUT2D eigenvalue weighted by Crippen LogP contribution is 2.40. The number of benzene rings is 1. The molecule has 2 rings (SSSR count). The summed E-state index contributed by atoms with van der Waals surface area (Å²) in [5.74, 6) is 0.714. The summed E-state index contributed by atoms with van der Waals surface area (Å²) in [5, 5.41) is 0. The molecule has 0 saturated heterocycles. The van der Waals surface area contributed by atoms with Crippen LogP contribution in [0, 0.1) is 0 Å². The van der Waals surface area contributed by atoms with Crippen LogP contribution in [0.4, 0.5) is 0 Å². The van der Waals surface area contributed by atoms with E-state index in [1.54, 1.807) is 11.1 Å². The molecule has 0 N–H and O–H groups in total. The van der Waals surface area contributed by atoms with Gasteiger partial charge in [0.15, 0.2) is 0 Å². The van der Waals surface area contributed by atoms with Crippen LogP contribution in [0.2, 0.25) is 0 Å². The molecule has 0 saturated carbocycles. The van der Waals surface area contributed by atoms with Crippen molar-refractivity contribution < 1.29 is 0 Å². The molecule has 1 atom stereocenters. The molecule has 1 aliphatic carbocycles. The first-order valence-electron chi connectivity index (χ1n) is 6.16. The molecule has 0 heterocycles. The standard InChI is InChI=1S/C15H20/c1-3-7-12-11-13-9-5-6-10-15(13)14(12)8-4-2/h5-6,9-11,14H,3-4,7-8H2,1-2H3. The maximum Gasteiger partial charge on any atom is 0.00573 e. The lowest BCUT2D eigenvalue weighted by molar-refractivity contribution is 0.667. The summed E-state index contributed by atoms with van der Waals surface area (Å²) in [4.78, 5) is 0. The summed E-state index contributed by atoms with van der Waals surface area (Å²) < 4.78 is 0. The minimum Gasteiger partial charge on any atom is -0.0653 e. The number of hydrogen-bond donors (Lipinski definition) is 0. The Kier molecular flexibility index (Phi) is 3.25. The van der Waals surface area contributed by atoms with E-state index in [1.807, 2.05) is 0 Å². The van der Waals surface area contributed by atoms with Crippen LogP contribution in [-0.2, 0) is 0 Å². The first-order chi connectivity index (χ1) is 7.36. The molecule has 0 aromatic heterocycles. The van der Waals surface area contributed by atoms with Gasteiger partial charge in [0.1, 0.15) is 0 Å². The molecule has 0 spiro atoms. The summed E-state index contributed by atoms with van der Waals surface area (Å²) in [7, 11) is 0. The van der Waals surface area contributed by atoms with E-state index in [2.05, 4.69) is 44.2 Å². The van der Waals surface area contributed by atoms with Crippen molar-refractivity contribution in [2.24, 2.45) is 0 Å². The Balaban J connectivity index is 2.29. The monoisotopic (exact) mass is 200 g/mol. The quantitative estimate of drug-likeness (QED) is 0.657. The van der Waals surface area contributed by atoms with Gasteiger partial charge in [-0.25, -0.2) is 0 Å². The van der Waals surface area contributed by atoms with Gasteiger partial charge >= 0.3 is 0 Å². The molecular weight excluding hydrogens is 180 g/mol. The van der Waals surface area contributed by atoms with E-state index in [-0.39, 0.29) is 0 Å². The molecular formula is C15H20. The fourth-order valence-corrected chi connectivity index (χ4v) is 2.62. The van der Waals surface area contributed by atoms with Gasteiger partial charge in [0, 0.05) is 5.92 Å². The van der Waals surface area contributed by atoms with Crippen molar-refractivity contribution in [1.29, 1.82) is 0 Å². The van der Waals surface area contributed by atoms with Crippen LogP contribution in [0.15, 0.2) is 29.8 Å². The van der Waals surface area contributed by atoms with Crippen LogP contribution in [0.1, 0.15) is 56.6 Å². The van der Waals surface area contributed by atoms with Crippen LogP contribution < -0.4 is 0 Å². The van der Waals surface area contributed by atoms with Crippen LogP contribution in [0.3, 0.4) is 0 Å². The first-order valence-corrected chi connectivity index (χ1v) is 6.16. The van der Waals surface area contributed by atoms with E-state index in [4.69, 9.17) is 0 Å². The van der Waals surface area contributed by atoms with Gasteiger partial charge < -0.3 is 0 Å². The third-order valence-electron chi connectivity index (χ3n) is 3.28. The molecule has 0 radical (unpaired) electrons. The molecule has 0 nitrogen and oxygen atoms in total. The molecule has 1 aromatic carbocycles. The van der Waals surface area contributed by atoms with Crippen LogP contribution in [-0.4, -0.2) is 0 Å². The van der Waals surface area contributed by atoms with E-state index in [9.17, 15) is 0 Å². The van der Waals surface area contributed by atoms with Crippen LogP contribution in [0.25, 0.3) is 6.08 Å². The van der Waals surface area contributed by atoms with Gasteiger partial charge in [-0.05, 0) is 24.0 Å². The molecule has 0 aliphatic heterocycles. The van der Waals surface area contributed by atoms with E-state index in [1.165, 1.54) is 31.2 Å². The minimum absolute atomic E-state index is 0.714. The lowest BCUT2D eigenvalue weighted by Gasteiger charge is -2.15. The van der Waals surface area contributed by atoms with Gasteiger partial charge in [0.2, 0.25) is 0 Å². The summed E-state index contributed by atoms with van der Waals surface area (Å²) in [5.41, 5.74) is 4.67. The third kappa shape index (κ3) is 1.99. The third-order valence-corrected chi connectivity index (χ3v) is 3.28. The normalized spacial score (nSPS) is 18.8. The summed E-state index contributed by atoms with van der Waals surface area (Å²) in [6.07, 6.45) is 7.53. The van der Waals surface area contributed by atoms with E-state index in [0.29, 0.717) is 5.92 Å². The van der Waals surface area contributed by atoms with Crippen molar-refractivity contribution in [1.82, 2.24) is 0 Å². The summed E-state index contributed by atoms with van der Waals surface area (Å²) in [6, 6.07) is 8.87. The highest BCUT2D eigenvalue weighted by atomic mass is 14.3. The number of rotatable bonds is 4. The maximum atomic E-state index is 2.42. The summed E-state index contributed by atoms with van der Waals surface area (Å²) >= 11 is 0. The lowest BCUT2D eigenvalue weighted by Crippen LogP contribution is -1.98. The van der Waals surface area contributed by atoms with Gasteiger partial charge in [0.25, 0.3) is 0 Å². The zero-order valence-corrected chi connectivity index (χ0v) is 9.79. The van der Waals surface area contributed by atoms with Gasteiger partial charge in [0.05, 0.1) is 0 Å². The second-order valence-electron chi connectivity index (χ2n) is 4.44. The predicted octanol–water partition coefficient (Wildman–Crippen LogP) is 4.77. The average Bonchev–Trinajstić information content (AvgIpc) is 2.59. The van der Waals surface area contributed by atoms with Gasteiger partial charge in [-0.1, -0.05) is 62.6 Å². The molecule has 0 amide bonds. The largest absolute Gasteiger partial charge is 0.0653 e. The molecule has 1 aliphatic rings. The highest BCUT2D eigenvalue weighted by molar-refractivity contribution is 5.66. The molecule has 15 heavy (non-hydrogen) atoms. The van der Waals surface area contributed by atoms with E-state index < -0.39 is 0 Å². The fraction of sp³-hybridized carbons (Fsp3) is 0.467. The average molecular weight is 200 g/mol. The maximum absolute atomic E-state index is 2.42. The Bertz CT molecular complexity index is 360. The lowest BCUT2D eigenvalue weighted by atomic mass is 9.89. The van der Waals surface area contributed by atoms with Crippen LogP contribution in [0.5, 0.6) is 0 Å². The molecule has 0 heteroatoms. The van der Waals surface area contributed by atoms with Crippen molar-refractivity contribution in [2.75, 3.05) is 0 Å². The van der Waals surface area contributed by atoms with Crippen molar-refractivity contribution in [3.8, 4) is 0 Å². The molecule has 1 unspecified atom stereocenters. The summed E-state index contributed by atoms with van der Waals surface area (Å²) in [6.45, 7) is 4.55. The Morgan fingerprint density at radius 3 is 2.60 bits per heavy atom. The minimum atomic E-state index is 0.714. The van der Waals surface area contributed by atoms with Gasteiger partial charge in [-0.2, -0.15) is 0 Å². The second-order valence-corrected chi connectivity index (χ2v) is 4.44. The molecule has 0 fully saturated rings. The Labute approximate surface area is 93.0 Å². The van der Waals surface area contributed by atoms with Gasteiger partial charge in [-0.15, -0.1) is 0 Å². The molecule has 0 bridgehead atoms. The zero-order valence-electron chi connectivity index (χ0n) is 9.79. The van der Waals surface area contributed by atoms with E-state index >= 15 is 0 Å². The topological polar surface area (TPSA) is 0 Å². The Hall–Kier alpha value is -1.04. The zero-order chi connectivity index (χ0) is 10.7. The second kappa shape index (κ2) is 4.65.